The third-order valence-corrected chi connectivity index (χ3v) is 7.24. The number of nitrogens with zero attached hydrogens (tertiary/aromatic N) is 6. The number of halogens is 4. The van der Waals surface area contributed by atoms with E-state index in [-0.39, 0.29) is 17.8 Å². The van der Waals surface area contributed by atoms with Gasteiger partial charge >= 0.3 is 12.1 Å². The van der Waals surface area contributed by atoms with Gasteiger partial charge < -0.3 is 10.0 Å². The van der Waals surface area contributed by atoms with Crippen LogP contribution in [0.5, 0.6) is 0 Å². The van der Waals surface area contributed by atoms with E-state index in [9.17, 15) is 23.2 Å². The smallest absolute Gasteiger partial charge is 0.475 e. The van der Waals surface area contributed by atoms with Crippen molar-refractivity contribution in [2.45, 2.75) is 50.9 Å². The predicted octanol–water partition coefficient (Wildman–Crippen LogP) is 3.98. The van der Waals surface area contributed by atoms with E-state index in [4.69, 9.17) is 9.90 Å². The summed E-state index contributed by atoms with van der Waals surface area (Å²) in [7, 11) is 2.16. The monoisotopic (exact) mass is 625 g/mol. The first-order valence-electron chi connectivity index (χ1n) is 12.8. The van der Waals surface area contributed by atoms with Crippen LogP contribution in [-0.4, -0.2) is 82.2 Å². The van der Waals surface area contributed by atoms with Gasteiger partial charge in [-0.15, -0.1) is 0 Å². The second-order valence-electron chi connectivity index (χ2n) is 9.66. The molecule has 1 saturated carbocycles. The number of hydrogen-bond acceptors (Lipinski definition) is 8. The van der Waals surface area contributed by atoms with Crippen molar-refractivity contribution in [1.82, 2.24) is 25.2 Å². The lowest BCUT2D eigenvalue weighted by atomic mass is 9.95. The fourth-order valence-corrected chi connectivity index (χ4v) is 4.82. The quantitative estimate of drug-likeness (QED) is 0.459. The van der Waals surface area contributed by atoms with E-state index < -0.39 is 12.1 Å². The Balaban J connectivity index is 0.000000559. The molecule has 0 radical (unpaired) electrons. The summed E-state index contributed by atoms with van der Waals surface area (Å²) in [4.78, 5) is 35.3. The number of piperazine rings is 1. The van der Waals surface area contributed by atoms with Gasteiger partial charge in [0, 0.05) is 44.5 Å². The van der Waals surface area contributed by atoms with Crippen LogP contribution in [0.1, 0.15) is 53.8 Å². The van der Waals surface area contributed by atoms with Gasteiger partial charge in [0.2, 0.25) is 5.82 Å². The van der Waals surface area contributed by atoms with Gasteiger partial charge in [-0.2, -0.15) is 23.4 Å². The molecule has 2 heterocycles. The first-order chi connectivity index (χ1) is 19.0. The fraction of sp³-hybridized carbons (Fsp3) is 0.500. The number of carboxylic acids is 1. The molecule has 0 unspecified atom stereocenters. The second-order valence-corrected chi connectivity index (χ2v) is 10.5. The molecule has 10 nitrogen and oxygen atoms in total. The molecule has 1 aliphatic heterocycles. The number of amides is 1. The van der Waals surface area contributed by atoms with Crippen LogP contribution >= 0.6 is 15.9 Å². The van der Waals surface area contributed by atoms with E-state index in [0.717, 1.165) is 58.4 Å². The molecule has 1 aromatic carbocycles. The number of hydrazine groups is 1. The molecular formula is C26H31BrF3N7O3. The highest BCUT2D eigenvalue weighted by atomic mass is 79.9. The molecule has 1 aromatic heterocycles. The molecule has 0 spiro atoms. The number of nitriles is 1. The molecule has 2 fully saturated rings. The van der Waals surface area contributed by atoms with Gasteiger partial charge in [0.1, 0.15) is 6.07 Å². The summed E-state index contributed by atoms with van der Waals surface area (Å²) in [5.41, 5.74) is 4.87. The highest BCUT2D eigenvalue weighted by Gasteiger charge is 2.38. The number of aliphatic carboxylic acids is 1. The number of aromatic nitrogens is 2. The van der Waals surface area contributed by atoms with Crippen molar-refractivity contribution in [3.05, 3.63) is 51.9 Å². The minimum absolute atomic E-state index is 0.0801. The van der Waals surface area contributed by atoms with Crippen LogP contribution in [0.2, 0.25) is 0 Å². The number of carboxylic acid groups (broad SMARTS) is 1. The Bertz CT molecular complexity index is 1190. The third-order valence-electron chi connectivity index (χ3n) is 6.68. The number of rotatable bonds is 6. The molecule has 0 atom stereocenters. The summed E-state index contributed by atoms with van der Waals surface area (Å²) < 4.78 is 32.4. The zero-order chi connectivity index (χ0) is 29.3. The zero-order valence-electron chi connectivity index (χ0n) is 22.0. The van der Waals surface area contributed by atoms with Crippen LogP contribution in [0.25, 0.3) is 0 Å². The molecule has 14 heteroatoms. The molecule has 216 valence electrons. The van der Waals surface area contributed by atoms with Crippen molar-refractivity contribution >= 4 is 33.6 Å². The van der Waals surface area contributed by atoms with Gasteiger partial charge in [-0.25, -0.2) is 9.78 Å². The minimum atomic E-state index is -5.08. The molecule has 1 aliphatic carbocycles. The number of hydrogen-bond donors (Lipinski definition) is 2. The molecule has 0 bridgehead atoms. The van der Waals surface area contributed by atoms with Crippen molar-refractivity contribution in [3.8, 4) is 6.07 Å². The zero-order valence-corrected chi connectivity index (χ0v) is 23.6. The maximum Gasteiger partial charge on any atom is 0.490 e. The number of anilines is 1. The third kappa shape index (κ3) is 9.14. The van der Waals surface area contributed by atoms with Gasteiger partial charge in [-0.05, 0) is 53.5 Å². The van der Waals surface area contributed by atoms with Crippen LogP contribution in [0.4, 0.5) is 19.0 Å². The van der Waals surface area contributed by atoms with Crippen molar-refractivity contribution < 1.29 is 27.9 Å². The number of benzene rings is 1. The highest BCUT2D eigenvalue weighted by molar-refractivity contribution is 9.10. The molecular weight excluding hydrogens is 595 g/mol. The molecule has 1 amide bonds. The van der Waals surface area contributed by atoms with E-state index >= 15 is 0 Å². The average molecular weight is 626 g/mol. The lowest BCUT2D eigenvalue weighted by Gasteiger charge is -2.35. The Morgan fingerprint density at radius 3 is 2.30 bits per heavy atom. The summed E-state index contributed by atoms with van der Waals surface area (Å²) >= 11 is 3.50. The Labute approximate surface area is 238 Å². The van der Waals surface area contributed by atoms with Crippen LogP contribution in [-0.2, 0) is 11.3 Å². The molecule has 2 aliphatic rings. The largest absolute Gasteiger partial charge is 0.490 e. The summed E-state index contributed by atoms with van der Waals surface area (Å²) in [5.74, 6) is -2.34. The average Bonchev–Trinajstić information content (AvgIpc) is 2.94. The summed E-state index contributed by atoms with van der Waals surface area (Å²) in [5, 5.41) is 18.2. The molecule has 1 saturated heterocycles. The van der Waals surface area contributed by atoms with E-state index in [0.29, 0.717) is 15.9 Å². The highest BCUT2D eigenvalue weighted by Crippen LogP contribution is 2.29. The van der Waals surface area contributed by atoms with E-state index in [2.05, 4.69) is 48.2 Å². The summed E-state index contributed by atoms with van der Waals surface area (Å²) in [6.45, 7) is 5.20. The SMILES string of the molecule is CN1CCN(Cc2ccc(C(=O)NN(c3nc(C#N)ncc3Br)C3CCCCC3)cc2)CC1.O=C(O)C(F)(F)F. The summed E-state index contributed by atoms with van der Waals surface area (Å²) in [6.07, 6.45) is 1.81. The number of alkyl halides is 3. The minimum Gasteiger partial charge on any atom is -0.475 e. The normalized spacial score (nSPS) is 16.8. The Morgan fingerprint density at radius 2 is 1.75 bits per heavy atom. The standard InChI is InChI=1S/C24H30BrN7O.C2HF3O2/c1-30-11-13-31(14-12-30)17-18-7-9-19(10-8-18)24(33)29-32(20-5-3-2-4-6-20)23-21(25)16-27-22(15-26)28-23;3-2(4,5)1(6)7/h7-10,16,20H,2-6,11-14,17H2,1H3,(H,29,33);(H,6,7). The van der Waals surface area contributed by atoms with Gasteiger partial charge in [0.15, 0.2) is 5.82 Å². The van der Waals surface area contributed by atoms with Gasteiger partial charge in [0.05, 0.1) is 10.5 Å². The lowest BCUT2D eigenvalue weighted by Crippen LogP contribution is -2.50. The summed E-state index contributed by atoms with van der Waals surface area (Å²) in [6, 6.07) is 9.95. The van der Waals surface area contributed by atoms with Crippen molar-refractivity contribution in [1.29, 1.82) is 5.26 Å². The number of carbonyl (C=O) groups excluding carboxylic acids is 1. The number of likely N-dealkylation sites (N-methyl/N-ethyl adjacent to an activating group) is 1. The Hall–Kier alpha value is -3.28. The maximum absolute atomic E-state index is 13.2. The Morgan fingerprint density at radius 1 is 1.15 bits per heavy atom. The van der Waals surface area contributed by atoms with Crippen molar-refractivity contribution in [3.63, 3.8) is 0 Å². The molecule has 2 aromatic rings. The maximum atomic E-state index is 13.2. The number of nitrogens with one attached hydrogen (secondary N) is 1. The van der Waals surface area contributed by atoms with Crippen LogP contribution in [0.15, 0.2) is 34.9 Å². The molecule has 40 heavy (non-hydrogen) atoms. The lowest BCUT2D eigenvalue weighted by molar-refractivity contribution is -0.192. The Kier molecular flexibility index (Phi) is 11.2. The van der Waals surface area contributed by atoms with E-state index in [1.54, 1.807) is 6.20 Å². The first-order valence-corrected chi connectivity index (χ1v) is 13.6. The first kappa shape index (κ1) is 31.3. The van der Waals surface area contributed by atoms with Crippen molar-refractivity contribution in [2.24, 2.45) is 0 Å². The molecule has 2 N–H and O–H groups in total. The number of carbonyl (C=O) groups is 2. The predicted molar refractivity (Wildman–Crippen MR) is 144 cm³/mol. The topological polar surface area (TPSA) is 126 Å². The van der Waals surface area contributed by atoms with Crippen LogP contribution in [0, 0.1) is 11.3 Å². The second kappa shape index (κ2) is 14.4. The van der Waals surface area contributed by atoms with E-state index in [1.807, 2.05) is 35.3 Å². The van der Waals surface area contributed by atoms with Crippen molar-refractivity contribution in [2.75, 3.05) is 38.2 Å². The van der Waals surface area contributed by atoms with Gasteiger partial charge in [-0.1, -0.05) is 31.4 Å². The van der Waals surface area contributed by atoms with E-state index in [1.165, 1.54) is 12.0 Å². The van der Waals surface area contributed by atoms with Crippen LogP contribution in [0.3, 0.4) is 0 Å². The van der Waals surface area contributed by atoms with Gasteiger partial charge in [-0.3, -0.25) is 20.1 Å². The molecule has 4 rings (SSSR count). The van der Waals surface area contributed by atoms with Crippen LogP contribution < -0.4 is 10.4 Å². The fourth-order valence-electron chi connectivity index (χ4n) is 4.44. The van der Waals surface area contributed by atoms with Gasteiger partial charge in [0.25, 0.3) is 5.91 Å².